The van der Waals surface area contributed by atoms with E-state index in [0.29, 0.717) is 37.4 Å². The number of carbonyl (C=O) groups is 2. The van der Waals surface area contributed by atoms with Crippen molar-refractivity contribution in [3.8, 4) is 0 Å². The van der Waals surface area contributed by atoms with Crippen molar-refractivity contribution in [3.05, 3.63) is 69.3 Å². The largest absolute Gasteiger partial charge is 0.382 e. The van der Waals surface area contributed by atoms with Crippen LogP contribution in [0.3, 0.4) is 0 Å². The fourth-order valence-corrected chi connectivity index (χ4v) is 2.63. The first-order valence-electron chi connectivity index (χ1n) is 8.95. The van der Waals surface area contributed by atoms with Crippen molar-refractivity contribution in [3.63, 3.8) is 0 Å². The molecule has 2 amide bonds. The molecule has 2 rings (SSSR count). The third-order valence-electron chi connectivity index (χ3n) is 4.08. The van der Waals surface area contributed by atoms with Crippen molar-refractivity contribution >= 4 is 23.2 Å². The molecule has 0 heterocycles. The van der Waals surface area contributed by atoms with E-state index in [1.807, 2.05) is 6.92 Å². The SMILES string of the molecule is CCOCCCNC(=O)c1cccc(NC(=O)c2cccc([N+](=O)[O-])c2C)c1. The number of ether oxygens (including phenoxy) is 1. The van der Waals surface area contributed by atoms with Crippen LogP contribution >= 0.6 is 0 Å². The van der Waals surface area contributed by atoms with Gasteiger partial charge in [0.25, 0.3) is 17.5 Å². The summed E-state index contributed by atoms with van der Waals surface area (Å²) in [4.78, 5) is 35.3. The number of nitrogens with one attached hydrogen (secondary N) is 2. The van der Waals surface area contributed by atoms with Crippen molar-refractivity contribution in [2.75, 3.05) is 25.1 Å². The summed E-state index contributed by atoms with van der Waals surface area (Å²) in [5, 5.41) is 16.5. The van der Waals surface area contributed by atoms with Crippen LogP contribution in [-0.2, 0) is 4.74 Å². The van der Waals surface area contributed by atoms with Gasteiger partial charge < -0.3 is 15.4 Å². The second kappa shape index (κ2) is 10.2. The second-order valence-corrected chi connectivity index (χ2v) is 6.05. The number of hydrogen-bond donors (Lipinski definition) is 2. The van der Waals surface area contributed by atoms with Crippen LogP contribution in [0, 0.1) is 17.0 Å². The van der Waals surface area contributed by atoms with Gasteiger partial charge in [-0.25, -0.2) is 0 Å². The number of nitro groups is 1. The van der Waals surface area contributed by atoms with E-state index in [1.165, 1.54) is 25.1 Å². The molecule has 0 unspecified atom stereocenters. The van der Waals surface area contributed by atoms with Gasteiger partial charge in [-0.1, -0.05) is 12.1 Å². The van der Waals surface area contributed by atoms with Crippen LogP contribution < -0.4 is 10.6 Å². The van der Waals surface area contributed by atoms with E-state index in [4.69, 9.17) is 4.74 Å². The first kappa shape index (κ1) is 21.0. The zero-order valence-electron chi connectivity index (χ0n) is 15.9. The van der Waals surface area contributed by atoms with Crippen molar-refractivity contribution in [2.45, 2.75) is 20.3 Å². The molecule has 0 aliphatic heterocycles. The van der Waals surface area contributed by atoms with Crippen LogP contribution in [0.4, 0.5) is 11.4 Å². The summed E-state index contributed by atoms with van der Waals surface area (Å²) in [6, 6.07) is 10.8. The van der Waals surface area contributed by atoms with E-state index in [9.17, 15) is 19.7 Å². The van der Waals surface area contributed by atoms with Gasteiger partial charge in [0, 0.05) is 48.2 Å². The van der Waals surface area contributed by atoms with Gasteiger partial charge in [-0.2, -0.15) is 0 Å². The lowest BCUT2D eigenvalue weighted by Crippen LogP contribution is -2.25. The Kier molecular flexibility index (Phi) is 7.65. The van der Waals surface area contributed by atoms with Gasteiger partial charge in [-0.05, 0) is 44.5 Å². The molecule has 0 bridgehead atoms. The van der Waals surface area contributed by atoms with Gasteiger partial charge in [0.15, 0.2) is 0 Å². The van der Waals surface area contributed by atoms with Gasteiger partial charge in [-0.3, -0.25) is 19.7 Å². The van der Waals surface area contributed by atoms with Gasteiger partial charge in [0.05, 0.1) is 4.92 Å². The lowest BCUT2D eigenvalue weighted by molar-refractivity contribution is -0.385. The summed E-state index contributed by atoms with van der Waals surface area (Å²) in [7, 11) is 0. The molecule has 148 valence electrons. The lowest BCUT2D eigenvalue weighted by atomic mass is 10.1. The Morgan fingerprint density at radius 3 is 2.61 bits per heavy atom. The molecule has 0 fully saturated rings. The van der Waals surface area contributed by atoms with E-state index < -0.39 is 10.8 Å². The molecule has 2 aromatic rings. The standard InChI is InChI=1S/C20H23N3O5/c1-3-28-12-6-11-21-19(24)15-7-4-8-16(13-15)22-20(25)17-9-5-10-18(14(17)2)23(26)27/h4-5,7-10,13H,3,6,11-12H2,1-2H3,(H,21,24)(H,22,25). The monoisotopic (exact) mass is 385 g/mol. The zero-order valence-corrected chi connectivity index (χ0v) is 15.9. The zero-order chi connectivity index (χ0) is 20.5. The third kappa shape index (κ3) is 5.62. The van der Waals surface area contributed by atoms with E-state index >= 15 is 0 Å². The number of anilines is 1. The van der Waals surface area contributed by atoms with Crippen LogP contribution in [0.15, 0.2) is 42.5 Å². The molecule has 2 aromatic carbocycles. The fraction of sp³-hybridized carbons (Fsp3) is 0.300. The van der Waals surface area contributed by atoms with Crippen molar-refractivity contribution in [2.24, 2.45) is 0 Å². The summed E-state index contributed by atoms with van der Waals surface area (Å²) in [6.45, 7) is 5.14. The molecular formula is C20H23N3O5. The third-order valence-corrected chi connectivity index (χ3v) is 4.08. The highest BCUT2D eigenvalue weighted by molar-refractivity contribution is 6.06. The number of amides is 2. The van der Waals surface area contributed by atoms with Gasteiger partial charge in [-0.15, -0.1) is 0 Å². The van der Waals surface area contributed by atoms with Crippen molar-refractivity contribution in [1.29, 1.82) is 0 Å². The predicted octanol–water partition coefficient (Wildman–Crippen LogP) is 3.31. The maximum Gasteiger partial charge on any atom is 0.273 e. The molecule has 0 aliphatic rings. The smallest absolute Gasteiger partial charge is 0.273 e. The van der Waals surface area contributed by atoms with Gasteiger partial charge in [0.1, 0.15) is 0 Å². The summed E-state index contributed by atoms with van der Waals surface area (Å²) >= 11 is 0. The molecule has 8 nitrogen and oxygen atoms in total. The average molecular weight is 385 g/mol. The summed E-state index contributed by atoms with van der Waals surface area (Å²) in [6.07, 6.45) is 0.710. The number of benzene rings is 2. The van der Waals surface area contributed by atoms with E-state index in [1.54, 1.807) is 24.3 Å². The predicted molar refractivity (Wildman–Crippen MR) is 106 cm³/mol. The highest BCUT2D eigenvalue weighted by Gasteiger charge is 2.18. The Hall–Kier alpha value is -3.26. The Balaban J connectivity index is 2.04. The molecule has 0 aromatic heterocycles. The van der Waals surface area contributed by atoms with Crippen molar-refractivity contribution < 1.29 is 19.2 Å². The maximum absolute atomic E-state index is 12.5. The molecule has 2 N–H and O–H groups in total. The van der Waals surface area contributed by atoms with Crippen LogP contribution in [0.5, 0.6) is 0 Å². The molecule has 0 radical (unpaired) electrons. The molecule has 0 saturated carbocycles. The van der Waals surface area contributed by atoms with E-state index in [0.717, 1.165) is 0 Å². The average Bonchev–Trinajstić information content (AvgIpc) is 2.67. The Morgan fingerprint density at radius 1 is 1.14 bits per heavy atom. The molecule has 0 spiro atoms. The molecule has 28 heavy (non-hydrogen) atoms. The molecule has 0 aliphatic carbocycles. The van der Waals surface area contributed by atoms with Gasteiger partial charge >= 0.3 is 0 Å². The van der Waals surface area contributed by atoms with E-state index in [2.05, 4.69) is 10.6 Å². The Morgan fingerprint density at radius 2 is 1.89 bits per heavy atom. The fourth-order valence-electron chi connectivity index (χ4n) is 2.63. The first-order valence-corrected chi connectivity index (χ1v) is 8.95. The van der Waals surface area contributed by atoms with Crippen LogP contribution in [0.1, 0.15) is 39.6 Å². The first-order chi connectivity index (χ1) is 13.4. The van der Waals surface area contributed by atoms with Crippen LogP contribution in [0.25, 0.3) is 0 Å². The van der Waals surface area contributed by atoms with Crippen LogP contribution in [-0.4, -0.2) is 36.5 Å². The minimum Gasteiger partial charge on any atom is -0.382 e. The normalized spacial score (nSPS) is 10.4. The van der Waals surface area contributed by atoms with Crippen LogP contribution in [0.2, 0.25) is 0 Å². The highest BCUT2D eigenvalue weighted by atomic mass is 16.6. The number of hydrogen-bond acceptors (Lipinski definition) is 5. The number of nitro benzene ring substituents is 1. The minimum atomic E-state index is -0.525. The maximum atomic E-state index is 12.5. The summed E-state index contributed by atoms with van der Waals surface area (Å²) in [5.41, 5.74) is 1.21. The summed E-state index contributed by atoms with van der Waals surface area (Å²) in [5.74, 6) is -0.727. The quantitative estimate of drug-likeness (QED) is 0.391. The lowest BCUT2D eigenvalue weighted by Gasteiger charge is -2.10. The Labute approximate surface area is 163 Å². The van der Waals surface area contributed by atoms with Gasteiger partial charge in [0.2, 0.25) is 0 Å². The number of carbonyl (C=O) groups excluding carboxylic acids is 2. The molecular weight excluding hydrogens is 362 g/mol. The van der Waals surface area contributed by atoms with Crippen molar-refractivity contribution in [1.82, 2.24) is 5.32 Å². The minimum absolute atomic E-state index is 0.118. The topological polar surface area (TPSA) is 111 Å². The second-order valence-electron chi connectivity index (χ2n) is 6.05. The molecule has 0 atom stereocenters. The summed E-state index contributed by atoms with van der Waals surface area (Å²) < 4.78 is 5.22. The van der Waals surface area contributed by atoms with E-state index in [-0.39, 0.29) is 22.7 Å². The molecule has 8 heteroatoms. The number of nitrogens with zero attached hydrogens (tertiary/aromatic N) is 1. The number of rotatable bonds is 9. The molecule has 0 saturated heterocycles. The highest BCUT2D eigenvalue weighted by Crippen LogP contribution is 2.22. The Bertz CT molecular complexity index is 867.